The van der Waals surface area contributed by atoms with Crippen molar-refractivity contribution in [3.63, 3.8) is 0 Å². The van der Waals surface area contributed by atoms with Crippen LogP contribution < -0.4 is 0 Å². The molecular formula is C21H28O6. The fraction of sp³-hybridized carbons (Fsp3) is 0.333. The zero-order valence-electron chi connectivity index (χ0n) is 15.9. The van der Waals surface area contributed by atoms with Gasteiger partial charge in [-0.05, 0) is 30.2 Å². The van der Waals surface area contributed by atoms with Crippen molar-refractivity contribution in [2.24, 2.45) is 11.3 Å². The number of carbonyl (C=O) groups is 2. The molecule has 0 aromatic heterocycles. The molecule has 27 heavy (non-hydrogen) atoms. The highest BCUT2D eigenvalue weighted by molar-refractivity contribution is 5.87. The SMILES string of the molecule is CC(C)C(C)(CO)CO.O=C(O)c1ccccc1.O=C(O)c1ccccc1. The third-order valence-electron chi connectivity index (χ3n) is 4.16. The quantitative estimate of drug-likeness (QED) is 0.636. The summed E-state index contributed by atoms with van der Waals surface area (Å²) in [7, 11) is 0. The van der Waals surface area contributed by atoms with Crippen molar-refractivity contribution in [1.29, 1.82) is 0 Å². The van der Waals surface area contributed by atoms with E-state index in [-0.39, 0.29) is 18.6 Å². The van der Waals surface area contributed by atoms with Crippen LogP contribution in [0.15, 0.2) is 60.7 Å². The number of benzene rings is 2. The summed E-state index contributed by atoms with van der Waals surface area (Å²) in [6.45, 7) is 5.97. The molecule has 6 heteroatoms. The normalized spacial score (nSPS) is 10.1. The summed E-state index contributed by atoms with van der Waals surface area (Å²) in [5.41, 5.74) is 0.356. The second-order valence-electron chi connectivity index (χ2n) is 6.47. The standard InChI is InChI=1S/2C7H6O2.C7H16O2/c2*8-7(9)6-4-2-1-3-5-6;1-6(2)7(3,4-8)5-9/h2*1-5H,(H,8,9);6,8-9H,4-5H2,1-3H3. The molecule has 0 heterocycles. The Morgan fingerprint density at radius 1 is 0.778 bits per heavy atom. The van der Waals surface area contributed by atoms with Gasteiger partial charge in [-0.3, -0.25) is 0 Å². The molecule has 0 amide bonds. The van der Waals surface area contributed by atoms with Crippen molar-refractivity contribution in [1.82, 2.24) is 0 Å². The highest BCUT2D eigenvalue weighted by Gasteiger charge is 2.25. The topological polar surface area (TPSA) is 115 Å². The van der Waals surface area contributed by atoms with Gasteiger partial charge in [0.25, 0.3) is 0 Å². The first-order valence-electron chi connectivity index (χ1n) is 8.46. The van der Waals surface area contributed by atoms with Gasteiger partial charge in [-0.25, -0.2) is 9.59 Å². The minimum Gasteiger partial charge on any atom is -0.478 e. The van der Waals surface area contributed by atoms with Crippen LogP contribution in [-0.4, -0.2) is 45.6 Å². The van der Waals surface area contributed by atoms with Crippen LogP contribution in [0.25, 0.3) is 0 Å². The Bertz CT molecular complexity index is 614. The first-order valence-corrected chi connectivity index (χ1v) is 8.46. The van der Waals surface area contributed by atoms with E-state index in [1.165, 1.54) is 0 Å². The molecule has 6 nitrogen and oxygen atoms in total. The van der Waals surface area contributed by atoms with Gasteiger partial charge >= 0.3 is 11.9 Å². The summed E-state index contributed by atoms with van der Waals surface area (Å²) in [6, 6.07) is 16.6. The lowest BCUT2D eigenvalue weighted by Gasteiger charge is -2.28. The fourth-order valence-electron chi connectivity index (χ4n) is 1.58. The van der Waals surface area contributed by atoms with E-state index in [9.17, 15) is 9.59 Å². The smallest absolute Gasteiger partial charge is 0.335 e. The summed E-state index contributed by atoms with van der Waals surface area (Å²) < 4.78 is 0. The van der Waals surface area contributed by atoms with Crippen LogP contribution in [-0.2, 0) is 0 Å². The Morgan fingerprint density at radius 2 is 1.07 bits per heavy atom. The molecule has 0 aliphatic carbocycles. The van der Waals surface area contributed by atoms with Gasteiger partial charge in [0.1, 0.15) is 0 Å². The highest BCUT2D eigenvalue weighted by atomic mass is 16.4. The molecule has 0 atom stereocenters. The minimum absolute atomic E-state index is 0.0567. The number of aromatic carboxylic acids is 2. The molecule has 0 spiro atoms. The Morgan fingerprint density at radius 3 is 1.19 bits per heavy atom. The van der Waals surface area contributed by atoms with Crippen LogP contribution in [0.2, 0.25) is 0 Å². The average molecular weight is 376 g/mol. The lowest BCUT2D eigenvalue weighted by atomic mass is 9.81. The van der Waals surface area contributed by atoms with Gasteiger partial charge in [0, 0.05) is 5.41 Å². The van der Waals surface area contributed by atoms with E-state index < -0.39 is 11.9 Å². The molecule has 0 radical (unpaired) electrons. The predicted molar refractivity (Wildman–Crippen MR) is 104 cm³/mol. The van der Waals surface area contributed by atoms with Gasteiger partial charge in [0.15, 0.2) is 0 Å². The molecule has 0 unspecified atom stereocenters. The third kappa shape index (κ3) is 9.53. The molecule has 0 aliphatic rings. The van der Waals surface area contributed by atoms with Crippen LogP contribution >= 0.6 is 0 Å². The Kier molecular flexibility index (Phi) is 11.4. The van der Waals surface area contributed by atoms with Crippen LogP contribution in [0, 0.1) is 11.3 Å². The largest absolute Gasteiger partial charge is 0.478 e. The summed E-state index contributed by atoms with van der Waals surface area (Å²) in [4.78, 5) is 20.4. The Balaban J connectivity index is 0.000000376. The lowest BCUT2D eigenvalue weighted by Crippen LogP contribution is -2.31. The van der Waals surface area contributed by atoms with E-state index in [0.29, 0.717) is 17.0 Å². The van der Waals surface area contributed by atoms with E-state index in [1.807, 2.05) is 20.8 Å². The van der Waals surface area contributed by atoms with Crippen LogP contribution in [0.4, 0.5) is 0 Å². The number of aliphatic hydroxyl groups is 2. The van der Waals surface area contributed by atoms with Gasteiger partial charge in [0.05, 0.1) is 24.3 Å². The van der Waals surface area contributed by atoms with Crippen molar-refractivity contribution in [2.75, 3.05) is 13.2 Å². The Labute approximate surface area is 159 Å². The second-order valence-corrected chi connectivity index (χ2v) is 6.47. The molecular weight excluding hydrogens is 348 g/mol. The molecule has 2 aromatic carbocycles. The van der Waals surface area contributed by atoms with E-state index in [4.69, 9.17) is 20.4 Å². The maximum atomic E-state index is 10.2. The number of carboxylic acid groups (broad SMARTS) is 2. The monoisotopic (exact) mass is 376 g/mol. The van der Waals surface area contributed by atoms with Gasteiger partial charge in [-0.2, -0.15) is 0 Å². The number of carboxylic acids is 2. The molecule has 2 aromatic rings. The first-order chi connectivity index (χ1) is 12.7. The molecule has 0 saturated carbocycles. The summed E-state index contributed by atoms with van der Waals surface area (Å²) >= 11 is 0. The molecule has 0 fully saturated rings. The molecule has 0 bridgehead atoms. The summed E-state index contributed by atoms with van der Waals surface area (Å²) in [5, 5.41) is 34.4. The molecule has 0 saturated heterocycles. The van der Waals surface area contributed by atoms with Crippen molar-refractivity contribution >= 4 is 11.9 Å². The van der Waals surface area contributed by atoms with Crippen molar-refractivity contribution < 1.29 is 30.0 Å². The maximum absolute atomic E-state index is 10.2. The lowest BCUT2D eigenvalue weighted by molar-refractivity contribution is 0.0322. The van der Waals surface area contributed by atoms with Crippen molar-refractivity contribution in [3.05, 3.63) is 71.8 Å². The molecule has 148 valence electrons. The zero-order valence-corrected chi connectivity index (χ0v) is 15.9. The maximum Gasteiger partial charge on any atom is 0.335 e. The Hall–Kier alpha value is -2.70. The fourth-order valence-corrected chi connectivity index (χ4v) is 1.58. The number of aliphatic hydroxyl groups excluding tert-OH is 2. The van der Waals surface area contributed by atoms with Crippen molar-refractivity contribution in [3.8, 4) is 0 Å². The zero-order chi connectivity index (χ0) is 20.9. The van der Waals surface area contributed by atoms with E-state index in [0.717, 1.165) is 0 Å². The van der Waals surface area contributed by atoms with E-state index in [2.05, 4.69) is 0 Å². The molecule has 4 N–H and O–H groups in total. The van der Waals surface area contributed by atoms with Gasteiger partial charge in [-0.15, -0.1) is 0 Å². The van der Waals surface area contributed by atoms with Gasteiger partial charge < -0.3 is 20.4 Å². The second kappa shape index (κ2) is 12.6. The first kappa shape index (κ1) is 24.3. The average Bonchev–Trinajstić information content (AvgIpc) is 2.69. The summed E-state index contributed by atoms with van der Waals surface area (Å²) in [5.74, 6) is -1.43. The molecule has 0 aliphatic heterocycles. The van der Waals surface area contributed by atoms with Crippen LogP contribution in [0.1, 0.15) is 41.5 Å². The van der Waals surface area contributed by atoms with Crippen LogP contribution in [0.3, 0.4) is 0 Å². The third-order valence-corrected chi connectivity index (χ3v) is 4.16. The van der Waals surface area contributed by atoms with Crippen molar-refractivity contribution in [2.45, 2.75) is 20.8 Å². The number of rotatable bonds is 5. The highest BCUT2D eigenvalue weighted by Crippen LogP contribution is 2.24. The van der Waals surface area contributed by atoms with Gasteiger partial charge in [-0.1, -0.05) is 57.2 Å². The van der Waals surface area contributed by atoms with E-state index >= 15 is 0 Å². The molecule has 2 rings (SSSR count). The predicted octanol–water partition coefficient (Wildman–Crippen LogP) is 3.40. The number of hydrogen-bond donors (Lipinski definition) is 4. The van der Waals surface area contributed by atoms with Crippen LogP contribution in [0.5, 0.6) is 0 Å². The van der Waals surface area contributed by atoms with Gasteiger partial charge in [0.2, 0.25) is 0 Å². The van der Waals surface area contributed by atoms with E-state index in [1.54, 1.807) is 60.7 Å². The number of hydrogen-bond acceptors (Lipinski definition) is 4. The summed E-state index contributed by atoms with van der Waals surface area (Å²) in [6.07, 6.45) is 0. The minimum atomic E-state index is -0.879.